The smallest absolute Gasteiger partial charge is 0.0560 e. The lowest BCUT2D eigenvalue weighted by Gasteiger charge is -2.26. The molecule has 1 aliphatic heterocycles. The van der Waals surface area contributed by atoms with Crippen LogP contribution in [-0.4, -0.2) is 11.8 Å². The number of hydrogen-bond acceptors (Lipinski definition) is 1. The molecule has 1 nitrogen and oxygen atoms in total. The van der Waals surface area contributed by atoms with E-state index >= 15 is 0 Å². The predicted octanol–water partition coefficient (Wildman–Crippen LogP) is 3.46. The number of dihydropyridines is 1. The highest BCUT2D eigenvalue weighted by Crippen LogP contribution is 2.24. The van der Waals surface area contributed by atoms with Gasteiger partial charge in [-0.2, -0.15) is 0 Å². The summed E-state index contributed by atoms with van der Waals surface area (Å²) in [4.78, 5) is 4.78. The summed E-state index contributed by atoms with van der Waals surface area (Å²) in [7, 11) is 0. The van der Waals surface area contributed by atoms with Crippen molar-refractivity contribution in [2.45, 2.75) is 47.1 Å². The Morgan fingerprint density at radius 3 is 2.46 bits per heavy atom. The highest BCUT2D eigenvalue weighted by atomic mass is 14.8. The van der Waals surface area contributed by atoms with Crippen molar-refractivity contribution in [1.82, 2.24) is 0 Å². The molecule has 1 rings (SSSR count). The quantitative estimate of drug-likeness (QED) is 0.584. The Balaban J connectivity index is 2.81. The fourth-order valence-electron chi connectivity index (χ4n) is 1.46. The van der Waals surface area contributed by atoms with Crippen LogP contribution in [0.15, 0.2) is 17.1 Å². The molecule has 0 saturated heterocycles. The summed E-state index contributed by atoms with van der Waals surface area (Å²) >= 11 is 0. The van der Waals surface area contributed by atoms with Crippen LogP contribution < -0.4 is 0 Å². The molecule has 1 heterocycles. The van der Waals surface area contributed by atoms with Crippen LogP contribution in [0.2, 0.25) is 0 Å². The summed E-state index contributed by atoms with van der Waals surface area (Å²) in [6, 6.07) is 0.499. The minimum Gasteiger partial charge on any atom is -0.285 e. The summed E-state index contributed by atoms with van der Waals surface area (Å²) in [6.45, 7) is 11.2. The zero-order valence-electron chi connectivity index (χ0n) is 9.46. The van der Waals surface area contributed by atoms with Crippen LogP contribution in [0.4, 0.5) is 0 Å². The molecule has 1 unspecified atom stereocenters. The van der Waals surface area contributed by atoms with Crippen LogP contribution in [0.5, 0.6) is 0 Å². The predicted molar refractivity (Wildman–Crippen MR) is 59.3 cm³/mol. The van der Waals surface area contributed by atoms with Gasteiger partial charge in [0.05, 0.1) is 6.04 Å². The molecule has 0 spiro atoms. The zero-order valence-corrected chi connectivity index (χ0v) is 9.46. The van der Waals surface area contributed by atoms with Crippen molar-refractivity contribution in [2.24, 2.45) is 16.3 Å². The fraction of sp³-hybridized carbons (Fsp3) is 0.750. The molecule has 0 aliphatic carbocycles. The zero-order chi connectivity index (χ0) is 10.1. The first-order valence-corrected chi connectivity index (χ1v) is 5.16. The van der Waals surface area contributed by atoms with E-state index in [0.717, 1.165) is 6.42 Å². The largest absolute Gasteiger partial charge is 0.285 e. The van der Waals surface area contributed by atoms with Gasteiger partial charge in [-0.1, -0.05) is 40.7 Å². The second kappa shape index (κ2) is 3.65. The lowest BCUT2D eigenvalue weighted by Crippen LogP contribution is -2.25. The maximum absolute atomic E-state index is 4.78. The van der Waals surface area contributed by atoms with Crippen molar-refractivity contribution in [3.63, 3.8) is 0 Å². The van der Waals surface area contributed by atoms with Gasteiger partial charge in [-0.3, -0.25) is 4.99 Å². The van der Waals surface area contributed by atoms with Gasteiger partial charge in [0, 0.05) is 11.1 Å². The van der Waals surface area contributed by atoms with Crippen molar-refractivity contribution in [1.29, 1.82) is 0 Å². The molecule has 0 fully saturated rings. The molecule has 0 aromatic heterocycles. The third-order valence-electron chi connectivity index (χ3n) is 2.50. The third-order valence-corrected chi connectivity index (χ3v) is 2.50. The summed E-state index contributed by atoms with van der Waals surface area (Å²) in [5.74, 6) is 0.655. The van der Waals surface area contributed by atoms with Gasteiger partial charge < -0.3 is 0 Å². The topological polar surface area (TPSA) is 12.4 Å². The molecule has 0 bridgehead atoms. The van der Waals surface area contributed by atoms with Gasteiger partial charge in [0.25, 0.3) is 0 Å². The number of allylic oxidation sites excluding steroid dienone is 1. The summed E-state index contributed by atoms with van der Waals surface area (Å²) in [6.07, 6.45) is 5.55. The number of hydrogen-bond donors (Lipinski definition) is 0. The molecule has 0 radical (unpaired) electrons. The van der Waals surface area contributed by atoms with Crippen molar-refractivity contribution >= 4 is 5.71 Å². The maximum atomic E-state index is 4.78. The Morgan fingerprint density at radius 1 is 1.38 bits per heavy atom. The molecule has 13 heavy (non-hydrogen) atoms. The molecule has 1 heteroatoms. The van der Waals surface area contributed by atoms with E-state index in [4.69, 9.17) is 4.99 Å². The number of nitrogens with zero attached hydrogens (tertiary/aromatic N) is 1. The maximum Gasteiger partial charge on any atom is 0.0560 e. The lowest BCUT2D eigenvalue weighted by atomic mass is 9.86. The van der Waals surface area contributed by atoms with E-state index in [1.165, 1.54) is 5.71 Å². The number of rotatable bonds is 1. The van der Waals surface area contributed by atoms with E-state index in [1.54, 1.807) is 0 Å². The van der Waals surface area contributed by atoms with Gasteiger partial charge in [0.15, 0.2) is 0 Å². The van der Waals surface area contributed by atoms with Crippen molar-refractivity contribution in [3.05, 3.63) is 12.2 Å². The van der Waals surface area contributed by atoms with Gasteiger partial charge in [0.2, 0.25) is 0 Å². The van der Waals surface area contributed by atoms with Crippen LogP contribution in [0.3, 0.4) is 0 Å². The minimum atomic E-state index is 0.198. The highest BCUT2D eigenvalue weighted by Gasteiger charge is 2.21. The normalized spacial score (nSPS) is 23.5. The van der Waals surface area contributed by atoms with Crippen LogP contribution in [-0.2, 0) is 0 Å². The molecule has 74 valence electrons. The first kappa shape index (κ1) is 10.5. The van der Waals surface area contributed by atoms with Gasteiger partial charge in [-0.15, -0.1) is 0 Å². The lowest BCUT2D eigenvalue weighted by molar-refractivity contribution is 0.483. The highest BCUT2D eigenvalue weighted by molar-refractivity contribution is 5.99. The molecule has 0 aromatic carbocycles. The van der Waals surface area contributed by atoms with E-state index in [9.17, 15) is 0 Å². The SMILES string of the molecule is CC(C)C1CC=CC(C(C)(C)C)=N1. The summed E-state index contributed by atoms with van der Waals surface area (Å²) < 4.78 is 0. The fourth-order valence-corrected chi connectivity index (χ4v) is 1.46. The molecular formula is C12H21N. The Labute approximate surface area is 82.0 Å². The Bertz CT molecular complexity index is 228. The van der Waals surface area contributed by atoms with Crippen LogP contribution in [0.1, 0.15) is 41.0 Å². The van der Waals surface area contributed by atoms with Crippen molar-refractivity contribution < 1.29 is 0 Å². The average molecular weight is 179 g/mol. The standard InChI is InChI=1S/C12H21N/c1-9(2)10-7-6-8-11(13-10)12(3,4)5/h6,8-10H,7H2,1-5H3. The number of aliphatic imine (C=N–C) groups is 1. The van der Waals surface area contributed by atoms with Gasteiger partial charge >= 0.3 is 0 Å². The van der Waals surface area contributed by atoms with Gasteiger partial charge in [-0.05, 0) is 18.4 Å². The van der Waals surface area contributed by atoms with Crippen LogP contribution >= 0.6 is 0 Å². The first-order chi connectivity index (χ1) is 5.91. The third kappa shape index (κ3) is 2.68. The second-order valence-electron chi connectivity index (χ2n) is 5.21. The molecule has 0 N–H and O–H groups in total. The van der Waals surface area contributed by atoms with E-state index in [0.29, 0.717) is 12.0 Å². The molecule has 0 aromatic rings. The van der Waals surface area contributed by atoms with E-state index in [1.807, 2.05) is 0 Å². The monoisotopic (exact) mass is 179 g/mol. The average Bonchev–Trinajstić information content (AvgIpc) is 2.03. The van der Waals surface area contributed by atoms with Crippen LogP contribution in [0.25, 0.3) is 0 Å². The Morgan fingerprint density at radius 2 is 2.00 bits per heavy atom. The minimum absolute atomic E-state index is 0.198. The van der Waals surface area contributed by atoms with E-state index in [2.05, 4.69) is 46.8 Å². The Kier molecular flexibility index (Phi) is 2.94. The van der Waals surface area contributed by atoms with Crippen LogP contribution in [0, 0.1) is 11.3 Å². The molecule has 0 amide bonds. The van der Waals surface area contributed by atoms with Crippen molar-refractivity contribution in [3.8, 4) is 0 Å². The van der Waals surface area contributed by atoms with Gasteiger partial charge in [0.1, 0.15) is 0 Å². The molecule has 0 saturated carbocycles. The molecule has 1 aliphatic rings. The Hall–Kier alpha value is -0.590. The first-order valence-electron chi connectivity index (χ1n) is 5.16. The molecular weight excluding hydrogens is 158 g/mol. The molecule has 1 atom stereocenters. The van der Waals surface area contributed by atoms with E-state index < -0.39 is 0 Å². The van der Waals surface area contributed by atoms with Crippen molar-refractivity contribution in [2.75, 3.05) is 0 Å². The van der Waals surface area contributed by atoms with E-state index in [-0.39, 0.29) is 5.41 Å². The second-order valence-corrected chi connectivity index (χ2v) is 5.21. The van der Waals surface area contributed by atoms with Gasteiger partial charge in [-0.25, -0.2) is 0 Å². The summed E-state index contributed by atoms with van der Waals surface area (Å²) in [5.41, 5.74) is 1.45. The summed E-state index contributed by atoms with van der Waals surface area (Å²) in [5, 5.41) is 0.